The minimum Gasteiger partial charge on any atom is -0.350 e. The molecule has 23 heavy (non-hydrogen) atoms. The van der Waals surface area contributed by atoms with Gasteiger partial charge in [0, 0.05) is 18.2 Å². The molecule has 2 heterocycles. The summed E-state index contributed by atoms with van der Waals surface area (Å²) < 4.78 is 0. The average molecular weight is 312 g/mol. The number of fused-ring (bicyclic) bond motifs is 1. The summed E-state index contributed by atoms with van der Waals surface area (Å²) in [6, 6.07) is 6.00. The number of aryl methyl sites for hydroxylation is 2. The van der Waals surface area contributed by atoms with Crippen LogP contribution in [0.4, 0.5) is 0 Å². The van der Waals surface area contributed by atoms with Crippen molar-refractivity contribution in [3.8, 4) is 0 Å². The Kier molecular flexibility index (Phi) is 4.57. The standard InChI is InChI=1S/C18H24N4O/c1-4-22-9-5-6-15(22)11-19-18(23)14-7-8-16-17(10-14)21-13(3)12(2)20-16/h7-8,10,15H,4-6,9,11H2,1-3H3,(H,19,23)/t15-/m1/s1. The second kappa shape index (κ2) is 6.62. The third kappa shape index (κ3) is 3.34. The van der Waals surface area contributed by atoms with Gasteiger partial charge in [0.2, 0.25) is 0 Å². The van der Waals surface area contributed by atoms with E-state index in [-0.39, 0.29) is 5.91 Å². The zero-order valence-corrected chi connectivity index (χ0v) is 14.1. The molecule has 0 saturated carbocycles. The Morgan fingerprint density at radius 1 is 1.26 bits per heavy atom. The lowest BCUT2D eigenvalue weighted by Crippen LogP contribution is -2.40. The van der Waals surface area contributed by atoms with Crippen LogP contribution in [0.2, 0.25) is 0 Å². The van der Waals surface area contributed by atoms with Crippen LogP contribution in [0, 0.1) is 13.8 Å². The molecule has 1 aromatic carbocycles. The maximum absolute atomic E-state index is 12.4. The van der Waals surface area contributed by atoms with Gasteiger partial charge in [-0.15, -0.1) is 0 Å². The van der Waals surface area contributed by atoms with Crippen molar-refractivity contribution in [2.75, 3.05) is 19.6 Å². The van der Waals surface area contributed by atoms with E-state index in [1.807, 2.05) is 32.0 Å². The second-order valence-corrected chi connectivity index (χ2v) is 6.23. The fourth-order valence-electron chi connectivity index (χ4n) is 3.23. The zero-order valence-electron chi connectivity index (χ0n) is 14.1. The summed E-state index contributed by atoms with van der Waals surface area (Å²) in [6.07, 6.45) is 2.38. The highest BCUT2D eigenvalue weighted by molar-refractivity contribution is 5.97. The first-order valence-corrected chi connectivity index (χ1v) is 8.35. The molecule has 2 aromatic rings. The molecule has 5 heteroatoms. The third-order valence-electron chi connectivity index (χ3n) is 4.74. The lowest BCUT2D eigenvalue weighted by molar-refractivity contribution is 0.0941. The number of likely N-dealkylation sites (tertiary alicyclic amines) is 1. The Morgan fingerprint density at radius 3 is 2.74 bits per heavy atom. The van der Waals surface area contributed by atoms with Gasteiger partial charge in [0.25, 0.3) is 5.91 Å². The van der Waals surface area contributed by atoms with Gasteiger partial charge in [0.15, 0.2) is 0 Å². The molecule has 1 amide bonds. The van der Waals surface area contributed by atoms with Gasteiger partial charge >= 0.3 is 0 Å². The number of aromatic nitrogens is 2. The Labute approximate surface area is 137 Å². The highest BCUT2D eigenvalue weighted by Crippen LogP contribution is 2.17. The zero-order chi connectivity index (χ0) is 16.4. The minimum absolute atomic E-state index is 0.0325. The van der Waals surface area contributed by atoms with Crippen molar-refractivity contribution in [1.82, 2.24) is 20.2 Å². The van der Waals surface area contributed by atoms with E-state index < -0.39 is 0 Å². The number of hydrogen-bond acceptors (Lipinski definition) is 4. The fraction of sp³-hybridized carbons (Fsp3) is 0.500. The molecule has 1 fully saturated rings. The topological polar surface area (TPSA) is 58.1 Å². The van der Waals surface area contributed by atoms with Crippen molar-refractivity contribution in [3.05, 3.63) is 35.2 Å². The highest BCUT2D eigenvalue weighted by atomic mass is 16.1. The molecule has 5 nitrogen and oxygen atoms in total. The molecule has 1 saturated heterocycles. The van der Waals surface area contributed by atoms with Gasteiger partial charge in [0.05, 0.1) is 22.4 Å². The molecule has 1 aliphatic heterocycles. The quantitative estimate of drug-likeness (QED) is 0.942. The predicted octanol–water partition coefficient (Wildman–Crippen LogP) is 2.46. The Bertz CT molecular complexity index is 728. The summed E-state index contributed by atoms with van der Waals surface area (Å²) in [6.45, 7) is 8.96. The number of likely N-dealkylation sites (N-methyl/N-ethyl adjacent to an activating group) is 1. The van der Waals surface area contributed by atoms with Crippen molar-refractivity contribution in [3.63, 3.8) is 0 Å². The maximum atomic E-state index is 12.4. The van der Waals surface area contributed by atoms with Crippen LogP contribution in [-0.4, -0.2) is 46.5 Å². The summed E-state index contributed by atoms with van der Waals surface area (Å²) in [5.41, 5.74) is 4.08. The number of carbonyl (C=O) groups is 1. The summed E-state index contributed by atoms with van der Waals surface area (Å²) in [4.78, 5) is 23.9. The second-order valence-electron chi connectivity index (χ2n) is 6.23. The first kappa shape index (κ1) is 15.9. The number of carbonyl (C=O) groups excluding carboxylic acids is 1. The summed E-state index contributed by atoms with van der Waals surface area (Å²) >= 11 is 0. The highest BCUT2D eigenvalue weighted by Gasteiger charge is 2.23. The fourth-order valence-corrected chi connectivity index (χ4v) is 3.23. The lowest BCUT2D eigenvalue weighted by Gasteiger charge is -2.22. The molecule has 0 radical (unpaired) electrons. The van der Waals surface area contributed by atoms with Gasteiger partial charge in [-0.05, 0) is 58.0 Å². The Morgan fingerprint density at radius 2 is 2.00 bits per heavy atom. The van der Waals surface area contributed by atoms with Crippen molar-refractivity contribution in [1.29, 1.82) is 0 Å². The lowest BCUT2D eigenvalue weighted by atomic mass is 10.1. The largest absolute Gasteiger partial charge is 0.350 e. The SMILES string of the molecule is CCN1CCC[C@@H]1CNC(=O)c1ccc2nc(C)c(C)nc2c1. The summed E-state index contributed by atoms with van der Waals surface area (Å²) in [7, 11) is 0. The summed E-state index contributed by atoms with van der Waals surface area (Å²) in [5.74, 6) is -0.0325. The van der Waals surface area contributed by atoms with E-state index in [2.05, 4.69) is 27.1 Å². The maximum Gasteiger partial charge on any atom is 0.251 e. The van der Waals surface area contributed by atoms with Crippen LogP contribution < -0.4 is 5.32 Å². The number of benzene rings is 1. The molecule has 1 aromatic heterocycles. The van der Waals surface area contributed by atoms with Crippen molar-refractivity contribution in [2.45, 2.75) is 39.7 Å². The Balaban J connectivity index is 1.72. The van der Waals surface area contributed by atoms with Crippen LogP contribution in [0.5, 0.6) is 0 Å². The van der Waals surface area contributed by atoms with Gasteiger partial charge in [-0.2, -0.15) is 0 Å². The van der Waals surface area contributed by atoms with Gasteiger partial charge < -0.3 is 5.32 Å². The van der Waals surface area contributed by atoms with E-state index in [0.717, 1.165) is 41.9 Å². The van der Waals surface area contributed by atoms with E-state index >= 15 is 0 Å². The third-order valence-corrected chi connectivity index (χ3v) is 4.74. The van der Waals surface area contributed by atoms with E-state index in [1.165, 1.54) is 6.42 Å². The molecule has 1 aliphatic rings. The van der Waals surface area contributed by atoms with Crippen molar-refractivity contribution >= 4 is 16.9 Å². The Hall–Kier alpha value is -2.01. The van der Waals surface area contributed by atoms with Crippen molar-refractivity contribution < 1.29 is 4.79 Å². The first-order valence-electron chi connectivity index (χ1n) is 8.35. The first-order chi connectivity index (χ1) is 11.1. The van der Waals surface area contributed by atoms with E-state index in [0.29, 0.717) is 18.2 Å². The number of nitrogens with zero attached hydrogens (tertiary/aromatic N) is 3. The molecule has 1 atom stereocenters. The van der Waals surface area contributed by atoms with Gasteiger partial charge in [-0.3, -0.25) is 9.69 Å². The van der Waals surface area contributed by atoms with E-state index in [1.54, 1.807) is 0 Å². The number of nitrogens with one attached hydrogen (secondary N) is 1. The molecular formula is C18H24N4O. The normalized spacial score (nSPS) is 18.5. The molecular weight excluding hydrogens is 288 g/mol. The number of rotatable bonds is 4. The van der Waals surface area contributed by atoms with Gasteiger partial charge in [-0.25, -0.2) is 9.97 Å². The number of amides is 1. The van der Waals surface area contributed by atoms with E-state index in [9.17, 15) is 4.79 Å². The molecule has 0 aliphatic carbocycles. The monoisotopic (exact) mass is 312 g/mol. The average Bonchev–Trinajstić information content (AvgIpc) is 3.00. The molecule has 1 N–H and O–H groups in total. The van der Waals surface area contributed by atoms with Crippen molar-refractivity contribution in [2.24, 2.45) is 0 Å². The van der Waals surface area contributed by atoms with Crippen LogP contribution in [0.1, 0.15) is 41.5 Å². The minimum atomic E-state index is -0.0325. The van der Waals surface area contributed by atoms with Crippen LogP contribution >= 0.6 is 0 Å². The van der Waals surface area contributed by atoms with Crippen LogP contribution in [0.15, 0.2) is 18.2 Å². The smallest absolute Gasteiger partial charge is 0.251 e. The van der Waals surface area contributed by atoms with Crippen LogP contribution in [0.25, 0.3) is 11.0 Å². The van der Waals surface area contributed by atoms with Gasteiger partial charge in [0.1, 0.15) is 0 Å². The van der Waals surface area contributed by atoms with Crippen LogP contribution in [-0.2, 0) is 0 Å². The molecule has 0 unspecified atom stereocenters. The predicted molar refractivity (Wildman–Crippen MR) is 91.6 cm³/mol. The molecule has 0 spiro atoms. The molecule has 122 valence electrons. The van der Waals surface area contributed by atoms with E-state index in [4.69, 9.17) is 0 Å². The molecule has 3 rings (SSSR count). The number of hydrogen-bond donors (Lipinski definition) is 1. The van der Waals surface area contributed by atoms with Crippen LogP contribution in [0.3, 0.4) is 0 Å². The summed E-state index contributed by atoms with van der Waals surface area (Å²) in [5, 5.41) is 3.07. The van der Waals surface area contributed by atoms with Gasteiger partial charge in [-0.1, -0.05) is 6.92 Å². The molecule has 0 bridgehead atoms.